The highest BCUT2D eigenvalue weighted by Gasteiger charge is 2.23. The first-order valence-corrected chi connectivity index (χ1v) is 6.38. The van der Waals surface area contributed by atoms with Gasteiger partial charge in [-0.1, -0.05) is 6.07 Å². The maximum absolute atomic E-state index is 11.8. The third-order valence-electron chi connectivity index (χ3n) is 1.97. The number of hydrogen-bond acceptors (Lipinski definition) is 3. The predicted octanol–water partition coefficient (Wildman–Crippen LogP) is 1.87. The number of halogens is 1. The summed E-state index contributed by atoms with van der Waals surface area (Å²) >= 11 is 5.51. The largest absolute Gasteiger partial charge is 0.245 e. The number of rotatable bonds is 4. The molecule has 0 aliphatic rings. The number of nitrogens with zero attached hydrogens (tertiary/aromatic N) is 1. The van der Waals surface area contributed by atoms with Crippen molar-refractivity contribution in [2.45, 2.75) is 23.6 Å². The van der Waals surface area contributed by atoms with Crippen LogP contribution in [-0.4, -0.2) is 24.5 Å². The van der Waals surface area contributed by atoms with E-state index in [1.54, 1.807) is 19.1 Å². The molecule has 0 aliphatic heterocycles. The lowest BCUT2D eigenvalue weighted by molar-refractivity contribution is 0.577. The highest BCUT2D eigenvalue weighted by molar-refractivity contribution is 7.92. The fourth-order valence-electron chi connectivity index (χ4n) is 1.03. The van der Waals surface area contributed by atoms with Crippen molar-refractivity contribution in [1.29, 1.82) is 0 Å². The van der Waals surface area contributed by atoms with E-state index in [9.17, 15) is 8.42 Å². The smallest absolute Gasteiger partial charge is 0.198 e. The summed E-state index contributed by atoms with van der Waals surface area (Å²) < 4.78 is 23.6. The van der Waals surface area contributed by atoms with E-state index in [0.29, 0.717) is 12.3 Å². The van der Waals surface area contributed by atoms with Gasteiger partial charge in [0.15, 0.2) is 14.9 Å². The Morgan fingerprint density at radius 3 is 2.71 bits per heavy atom. The number of pyridine rings is 1. The summed E-state index contributed by atoms with van der Waals surface area (Å²) in [6.45, 7) is 1.65. The van der Waals surface area contributed by atoms with Gasteiger partial charge in [-0.2, -0.15) is 0 Å². The Morgan fingerprint density at radius 1 is 1.50 bits per heavy atom. The molecule has 5 heteroatoms. The van der Waals surface area contributed by atoms with E-state index in [2.05, 4.69) is 4.98 Å². The lowest BCUT2D eigenvalue weighted by atomic mass is 10.4. The Bertz CT molecular complexity index is 377. The maximum Gasteiger partial charge on any atom is 0.198 e. The van der Waals surface area contributed by atoms with E-state index in [0.717, 1.165) is 0 Å². The fraction of sp³-hybridized carbons (Fsp3) is 0.444. The van der Waals surface area contributed by atoms with Crippen molar-refractivity contribution in [3.8, 4) is 0 Å². The molecule has 0 aliphatic carbocycles. The van der Waals surface area contributed by atoms with Crippen LogP contribution in [0.25, 0.3) is 0 Å². The van der Waals surface area contributed by atoms with Crippen LogP contribution in [0.1, 0.15) is 13.3 Å². The topological polar surface area (TPSA) is 47.0 Å². The summed E-state index contributed by atoms with van der Waals surface area (Å²) in [7, 11) is -3.30. The van der Waals surface area contributed by atoms with E-state index < -0.39 is 15.1 Å². The lowest BCUT2D eigenvalue weighted by Crippen LogP contribution is -2.19. The van der Waals surface area contributed by atoms with Crippen molar-refractivity contribution in [1.82, 2.24) is 4.98 Å². The molecule has 14 heavy (non-hydrogen) atoms. The molecule has 1 heterocycles. The molecule has 1 atom stereocenters. The quantitative estimate of drug-likeness (QED) is 0.746. The van der Waals surface area contributed by atoms with Crippen molar-refractivity contribution in [2.24, 2.45) is 0 Å². The first-order chi connectivity index (χ1) is 6.59. The van der Waals surface area contributed by atoms with Crippen LogP contribution >= 0.6 is 11.6 Å². The van der Waals surface area contributed by atoms with E-state index in [1.807, 2.05) is 0 Å². The van der Waals surface area contributed by atoms with Gasteiger partial charge in [0.05, 0.1) is 5.25 Å². The molecule has 0 aromatic carbocycles. The molecular formula is C9H12ClNO2S. The molecule has 78 valence electrons. The number of alkyl halides is 1. The molecule has 0 saturated heterocycles. The van der Waals surface area contributed by atoms with Gasteiger partial charge in [-0.25, -0.2) is 13.4 Å². The van der Waals surface area contributed by atoms with Crippen molar-refractivity contribution in [3.63, 3.8) is 0 Å². The highest BCUT2D eigenvalue weighted by Crippen LogP contribution is 2.15. The average Bonchev–Trinajstić information content (AvgIpc) is 2.19. The minimum atomic E-state index is -3.30. The van der Waals surface area contributed by atoms with Crippen molar-refractivity contribution in [2.75, 3.05) is 5.88 Å². The minimum Gasteiger partial charge on any atom is -0.245 e. The standard InChI is InChI=1S/C9H12ClNO2S/c1-8(5-6-10)14(12,13)9-4-2-3-7-11-9/h2-4,7-8H,5-6H2,1H3. The minimum absolute atomic E-state index is 0.123. The van der Waals surface area contributed by atoms with Gasteiger partial charge < -0.3 is 0 Å². The SMILES string of the molecule is CC(CCCl)S(=O)(=O)c1ccccn1. The number of hydrogen-bond donors (Lipinski definition) is 0. The van der Waals surface area contributed by atoms with Crippen LogP contribution in [-0.2, 0) is 9.84 Å². The van der Waals surface area contributed by atoms with Crippen molar-refractivity contribution >= 4 is 21.4 Å². The van der Waals surface area contributed by atoms with Crippen LogP contribution in [0.4, 0.5) is 0 Å². The van der Waals surface area contributed by atoms with Crippen LogP contribution in [0, 0.1) is 0 Å². The summed E-state index contributed by atoms with van der Waals surface area (Å²) in [4.78, 5) is 3.82. The van der Waals surface area contributed by atoms with Crippen LogP contribution < -0.4 is 0 Å². The molecule has 3 nitrogen and oxygen atoms in total. The van der Waals surface area contributed by atoms with E-state index in [4.69, 9.17) is 11.6 Å². The molecule has 0 bridgehead atoms. The molecule has 0 saturated carbocycles. The predicted molar refractivity (Wildman–Crippen MR) is 56.2 cm³/mol. The molecule has 0 fully saturated rings. The van der Waals surface area contributed by atoms with Gasteiger partial charge in [0.2, 0.25) is 0 Å². The van der Waals surface area contributed by atoms with E-state index in [1.165, 1.54) is 12.3 Å². The Kier molecular flexibility index (Phi) is 3.89. The van der Waals surface area contributed by atoms with E-state index in [-0.39, 0.29) is 5.03 Å². The van der Waals surface area contributed by atoms with Gasteiger partial charge in [0.25, 0.3) is 0 Å². The molecule has 0 spiro atoms. The Balaban J connectivity index is 2.97. The van der Waals surface area contributed by atoms with Gasteiger partial charge in [0, 0.05) is 12.1 Å². The van der Waals surface area contributed by atoms with Crippen molar-refractivity contribution < 1.29 is 8.42 Å². The average molecular weight is 234 g/mol. The van der Waals surface area contributed by atoms with Gasteiger partial charge in [-0.3, -0.25) is 0 Å². The lowest BCUT2D eigenvalue weighted by Gasteiger charge is -2.09. The monoisotopic (exact) mass is 233 g/mol. The number of sulfone groups is 1. The molecule has 0 radical (unpaired) electrons. The van der Waals surface area contributed by atoms with Crippen LogP contribution in [0.3, 0.4) is 0 Å². The second kappa shape index (κ2) is 4.75. The maximum atomic E-state index is 11.8. The third-order valence-corrected chi connectivity index (χ3v) is 4.31. The summed E-state index contributed by atoms with van der Waals surface area (Å²) in [5, 5.41) is -0.354. The first kappa shape index (κ1) is 11.5. The molecule has 1 unspecified atom stereocenters. The molecule has 1 aromatic rings. The zero-order valence-electron chi connectivity index (χ0n) is 7.85. The number of aromatic nitrogens is 1. The summed E-state index contributed by atoms with van der Waals surface area (Å²) in [5.74, 6) is 0.341. The Morgan fingerprint density at radius 2 is 2.21 bits per heavy atom. The Labute approximate surface area is 89.0 Å². The second-order valence-corrected chi connectivity index (χ2v) is 5.69. The van der Waals surface area contributed by atoms with Crippen LogP contribution in [0.2, 0.25) is 0 Å². The summed E-state index contributed by atoms with van der Waals surface area (Å²) in [5.41, 5.74) is 0. The van der Waals surface area contributed by atoms with E-state index >= 15 is 0 Å². The van der Waals surface area contributed by atoms with Gasteiger partial charge >= 0.3 is 0 Å². The van der Waals surface area contributed by atoms with Crippen LogP contribution in [0.15, 0.2) is 29.4 Å². The molecule has 0 amide bonds. The van der Waals surface area contributed by atoms with Gasteiger partial charge in [-0.05, 0) is 25.5 Å². The second-order valence-electron chi connectivity index (χ2n) is 3.00. The van der Waals surface area contributed by atoms with Crippen LogP contribution in [0.5, 0.6) is 0 Å². The molecule has 1 rings (SSSR count). The molecular weight excluding hydrogens is 222 g/mol. The van der Waals surface area contributed by atoms with Gasteiger partial charge in [0.1, 0.15) is 0 Å². The van der Waals surface area contributed by atoms with Gasteiger partial charge in [-0.15, -0.1) is 11.6 Å². The zero-order valence-corrected chi connectivity index (χ0v) is 9.42. The summed E-state index contributed by atoms with van der Waals surface area (Å²) in [6, 6.07) is 4.85. The Hall–Kier alpha value is -0.610. The third kappa shape index (κ3) is 2.45. The highest BCUT2D eigenvalue weighted by atomic mass is 35.5. The van der Waals surface area contributed by atoms with Crippen molar-refractivity contribution in [3.05, 3.63) is 24.4 Å². The summed E-state index contributed by atoms with van der Waals surface area (Å²) in [6.07, 6.45) is 1.92. The molecule has 1 aromatic heterocycles. The fourth-order valence-corrected chi connectivity index (χ4v) is 2.80. The zero-order chi connectivity index (χ0) is 10.6. The normalized spacial score (nSPS) is 13.9. The first-order valence-electron chi connectivity index (χ1n) is 4.30. The molecule has 0 N–H and O–H groups in total.